The normalized spacial score (nSPS) is 14.2. The van der Waals surface area contributed by atoms with Gasteiger partial charge in [-0.05, 0) is 32.4 Å². The molecule has 0 fully saturated rings. The van der Waals surface area contributed by atoms with Crippen LogP contribution in [0.2, 0.25) is 0 Å². The van der Waals surface area contributed by atoms with Crippen LogP contribution >= 0.6 is 15.9 Å². The first-order valence-electron chi connectivity index (χ1n) is 5.37. The molecule has 0 bridgehead atoms. The van der Waals surface area contributed by atoms with Crippen molar-refractivity contribution >= 4 is 21.8 Å². The van der Waals surface area contributed by atoms with Crippen molar-refractivity contribution in [1.29, 1.82) is 0 Å². The van der Waals surface area contributed by atoms with E-state index in [0.717, 1.165) is 12.1 Å². The first kappa shape index (κ1) is 13.2. The quantitative estimate of drug-likeness (QED) is 0.864. The number of aryl methyl sites for hydroxylation is 1. The van der Waals surface area contributed by atoms with Crippen LogP contribution in [-0.4, -0.2) is 21.8 Å². The highest BCUT2D eigenvalue weighted by molar-refractivity contribution is 9.09. The van der Waals surface area contributed by atoms with Gasteiger partial charge in [-0.2, -0.15) is 0 Å². The fourth-order valence-corrected chi connectivity index (χ4v) is 2.07. The molecule has 16 heavy (non-hydrogen) atoms. The van der Waals surface area contributed by atoms with Crippen molar-refractivity contribution in [3.05, 3.63) is 29.6 Å². The van der Waals surface area contributed by atoms with Crippen LogP contribution in [0.4, 0.5) is 0 Å². The lowest BCUT2D eigenvalue weighted by Gasteiger charge is -2.14. The highest BCUT2D eigenvalue weighted by atomic mass is 79.9. The molecular weight excluding hydrogens is 268 g/mol. The molecule has 88 valence electrons. The Morgan fingerprint density at radius 1 is 1.50 bits per heavy atom. The summed E-state index contributed by atoms with van der Waals surface area (Å²) < 4.78 is 0. The first-order valence-corrected chi connectivity index (χ1v) is 6.29. The van der Waals surface area contributed by atoms with Gasteiger partial charge < -0.3 is 5.32 Å². The molecule has 2 unspecified atom stereocenters. The van der Waals surface area contributed by atoms with Gasteiger partial charge in [0.25, 0.3) is 5.91 Å². The minimum Gasteiger partial charge on any atom is -0.348 e. The monoisotopic (exact) mass is 284 g/mol. The summed E-state index contributed by atoms with van der Waals surface area (Å²) in [7, 11) is 0. The molecule has 0 aliphatic carbocycles. The van der Waals surface area contributed by atoms with E-state index in [1.165, 1.54) is 0 Å². The van der Waals surface area contributed by atoms with Gasteiger partial charge in [-0.15, -0.1) is 0 Å². The summed E-state index contributed by atoms with van der Waals surface area (Å²) in [6.45, 7) is 5.93. The van der Waals surface area contributed by atoms with E-state index in [2.05, 4.69) is 33.2 Å². The van der Waals surface area contributed by atoms with Crippen LogP contribution in [0.5, 0.6) is 0 Å². The number of aromatic nitrogens is 1. The third-order valence-corrected chi connectivity index (χ3v) is 2.55. The van der Waals surface area contributed by atoms with Crippen LogP contribution in [0.1, 0.15) is 36.5 Å². The second kappa shape index (κ2) is 5.99. The lowest BCUT2D eigenvalue weighted by molar-refractivity contribution is 0.0933. The van der Waals surface area contributed by atoms with Gasteiger partial charge in [0.05, 0.1) is 0 Å². The summed E-state index contributed by atoms with van der Waals surface area (Å²) in [5, 5.41) is 2.92. The Bertz CT molecular complexity index is 366. The molecule has 1 heterocycles. The van der Waals surface area contributed by atoms with E-state index in [1.807, 2.05) is 26.0 Å². The largest absolute Gasteiger partial charge is 0.348 e. The average Bonchev–Trinajstić information content (AvgIpc) is 2.16. The maximum absolute atomic E-state index is 11.8. The van der Waals surface area contributed by atoms with Gasteiger partial charge in [-0.1, -0.05) is 28.9 Å². The third kappa shape index (κ3) is 4.31. The Hall–Kier alpha value is -0.900. The van der Waals surface area contributed by atoms with Crippen molar-refractivity contribution in [2.45, 2.75) is 38.1 Å². The summed E-state index contributed by atoms with van der Waals surface area (Å²) in [5.41, 5.74) is 1.34. The summed E-state index contributed by atoms with van der Waals surface area (Å²) in [6, 6.07) is 5.59. The molecule has 0 aliphatic rings. The lowest BCUT2D eigenvalue weighted by Crippen LogP contribution is -2.34. The number of rotatable bonds is 4. The molecule has 1 aromatic rings. The van der Waals surface area contributed by atoms with Gasteiger partial charge in [0.2, 0.25) is 0 Å². The highest BCUT2D eigenvalue weighted by Crippen LogP contribution is 2.07. The van der Waals surface area contributed by atoms with Gasteiger partial charge in [0.15, 0.2) is 0 Å². The minimum absolute atomic E-state index is 0.107. The van der Waals surface area contributed by atoms with Crippen LogP contribution in [0.25, 0.3) is 0 Å². The van der Waals surface area contributed by atoms with Gasteiger partial charge in [0, 0.05) is 16.6 Å². The lowest BCUT2D eigenvalue weighted by atomic mass is 10.2. The number of pyridine rings is 1. The van der Waals surface area contributed by atoms with Crippen molar-refractivity contribution in [3.8, 4) is 0 Å². The number of nitrogens with zero attached hydrogens (tertiary/aromatic N) is 1. The number of hydrogen-bond donors (Lipinski definition) is 1. The van der Waals surface area contributed by atoms with E-state index in [-0.39, 0.29) is 11.9 Å². The number of alkyl halides is 1. The Balaban J connectivity index is 2.59. The van der Waals surface area contributed by atoms with Crippen LogP contribution < -0.4 is 5.32 Å². The smallest absolute Gasteiger partial charge is 0.270 e. The summed E-state index contributed by atoms with van der Waals surface area (Å²) in [5.74, 6) is -0.107. The molecule has 0 spiro atoms. The van der Waals surface area contributed by atoms with Crippen LogP contribution in [0.15, 0.2) is 18.2 Å². The van der Waals surface area contributed by atoms with Gasteiger partial charge in [0.1, 0.15) is 5.69 Å². The zero-order valence-corrected chi connectivity index (χ0v) is 11.4. The SMILES string of the molecule is Cc1cccc(C(=O)NC(C)CC(C)Br)n1. The van der Waals surface area contributed by atoms with Crippen molar-refractivity contribution in [3.63, 3.8) is 0 Å². The molecule has 1 N–H and O–H groups in total. The van der Waals surface area contributed by atoms with E-state index in [1.54, 1.807) is 6.07 Å². The maximum Gasteiger partial charge on any atom is 0.270 e. The van der Waals surface area contributed by atoms with E-state index >= 15 is 0 Å². The van der Waals surface area contributed by atoms with Gasteiger partial charge in [-0.25, -0.2) is 4.98 Å². The zero-order chi connectivity index (χ0) is 12.1. The molecular formula is C12H17BrN2O. The van der Waals surface area contributed by atoms with E-state index in [9.17, 15) is 4.79 Å². The second-order valence-corrected chi connectivity index (χ2v) is 5.62. The molecule has 0 saturated heterocycles. The van der Waals surface area contributed by atoms with Crippen molar-refractivity contribution in [1.82, 2.24) is 10.3 Å². The molecule has 0 radical (unpaired) electrons. The summed E-state index contributed by atoms with van der Waals surface area (Å²) >= 11 is 3.47. The fraction of sp³-hybridized carbons (Fsp3) is 0.500. The number of amides is 1. The summed E-state index contributed by atoms with van der Waals surface area (Å²) in [4.78, 5) is 16.4. The molecule has 1 amide bonds. The molecule has 1 rings (SSSR count). The Kier molecular flexibility index (Phi) is 4.93. The second-order valence-electron chi connectivity index (χ2n) is 4.06. The Morgan fingerprint density at radius 2 is 2.19 bits per heavy atom. The van der Waals surface area contributed by atoms with Crippen LogP contribution in [0, 0.1) is 6.92 Å². The number of carbonyl (C=O) groups excluding carboxylic acids is 1. The third-order valence-electron chi connectivity index (χ3n) is 2.18. The van der Waals surface area contributed by atoms with Crippen LogP contribution in [0.3, 0.4) is 0 Å². The standard InChI is InChI=1S/C12H17BrN2O/c1-8(13)7-10(3)15-12(16)11-6-4-5-9(2)14-11/h4-6,8,10H,7H2,1-3H3,(H,15,16). The highest BCUT2D eigenvalue weighted by Gasteiger charge is 2.12. The minimum atomic E-state index is -0.107. The molecule has 0 aliphatic heterocycles. The number of nitrogens with one attached hydrogen (secondary N) is 1. The van der Waals surface area contributed by atoms with Crippen molar-refractivity contribution in [2.24, 2.45) is 0 Å². The topological polar surface area (TPSA) is 42.0 Å². The predicted molar refractivity (Wildman–Crippen MR) is 68.9 cm³/mol. The number of halogens is 1. The molecule has 2 atom stereocenters. The molecule has 0 aromatic carbocycles. The van der Waals surface area contributed by atoms with Crippen LogP contribution in [-0.2, 0) is 0 Å². The summed E-state index contributed by atoms with van der Waals surface area (Å²) in [6.07, 6.45) is 0.900. The number of carbonyl (C=O) groups is 1. The van der Waals surface area contributed by atoms with Gasteiger partial charge >= 0.3 is 0 Å². The van der Waals surface area contributed by atoms with E-state index in [0.29, 0.717) is 10.5 Å². The number of hydrogen-bond acceptors (Lipinski definition) is 2. The fourth-order valence-electron chi connectivity index (χ4n) is 1.51. The molecule has 0 saturated carbocycles. The maximum atomic E-state index is 11.8. The molecule has 1 aromatic heterocycles. The average molecular weight is 285 g/mol. The van der Waals surface area contributed by atoms with Gasteiger partial charge in [-0.3, -0.25) is 4.79 Å². The predicted octanol–water partition coefficient (Wildman–Crippen LogP) is 2.68. The molecule has 3 nitrogen and oxygen atoms in total. The Morgan fingerprint density at radius 3 is 2.75 bits per heavy atom. The Labute approximate surface area is 105 Å². The van der Waals surface area contributed by atoms with E-state index in [4.69, 9.17) is 0 Å². The zero-order valence-electron chi connectivity index (χ0n) is 9.83. The van der Waals surface area contributed by atoms with Crippen molar-refractivity contribution < 1.29 is 4.79 Å². The van der Waals surface area contributed by atoms with Crippen molar-refractivity contribution in [2.75, 3.05) is 0 Å². The molecule has 4 heteroatoms. The first-order chi connectivity index (χ1) is 7.49. The van der Waals surface area contributed by atoms with E-state index < -0.39 is 0 Å².